The standard InChI is InChI=1S/C21H28N2O2S/c1-5-15-9-8-10-16(24-4)19(15)20(26)22-18-13-17(23-25-18)21(14(2)3)11-6-7-12-21/h8-10,13-14H,5-7,11-12H2,1-4H3,(H,22,26). The van der Waals surface area contributed by atoms with Gasteiger partial charge in [0.2, 0.25) is 5.88 Å². The highest BCUT2D eigenvalue weighted by Gasteiger charge is 2.41. The zero-order valence-corrected chi connectivity index (χ0v) is 16.9. The molecule has 140 valence electrons. The molecule has 0 bridgehead atoms. The number of hydrogen-bond acceptors (Lipinski definition) is 4. The first-order valence-electron chi connectivity index (χ1n) is 9.46. The van der Waals surface area contributed by atoms with E-state index in [0.717, 1.165) is 29.0 Å². The van der Waals surface area contributed by atoms with Crippen LogP contribution >= 0.6 is 12.2 Å². The van der Waals surface area contributed by atoms with Crippen LogP contribution in [0, 0.1) is 5.92 Å². The summed E-state index contributed by atoms with van der Waals surface area (Å²) >= 11 is 5.65. The molecule has 1 saturated carbocycles. The van der Waals surface area contributed by atoms with E-state index >= 15 is 0 Å². The van der Waals surface area contributed by atoms with Crippen LogP contribution in [0.2, 0.25) is 0 Å². The monoisotopic (exact) mass is 372 g/mol. The van der Waals surface area contributed by atoms with Crippen molar-refractivity contribution in [3.8, 4) is 5.75 Å². The van der Waals surface area contributed by atoms with Gasteiger partial charge in [0.1, 0.15) is 10.7 Å². The number of anilines is 1. The third-order valence-corrected chi connectivity index (χ3v) is 6.10. The average molecular weight is 373 g/mol. The molecule has 0 saturated heterocycles. The number of methoxy groups -OCH3 is 1. The number of benzene rings is 1. The van der Waals surface area contributed by atoms with Crippen LogP contribution in [0.5, 0.6) is 5.75 Å². The second-order valence-electron chi connectivity index (χ2n) is 7.40. The van der Waals surface area contributed by atoms with Gasteiger partial charge in [-0.1, -0.05) is 63.1 Å². The minimum Gasteiger partial charge on any atom is -0.496 e. The first-order chi connectivity index (χ1) is 12.5. The van der Waals surface area contributed by atoms with Crippen molar-refractivity contribution in [3.05, 3.63) is 41.1 Å². The Kier molecular flexibility index (Phi) is 5.66. The van der Waals surface area contributed by atoms with Crippen LogP contribution in [-0.2, 0) is 11.8 Å². The van der Waals surface area contributed by atoms with Crippen LogP contribution < -0.4 is 10.1 Å². The number of nitrogens with zero attached hydrogens (tertiary/aromatic N) is 1. The lowest BCUT2D eigenvalue weighted by molar-refractivity contribution is 0.287. The number of rotatable bonds is 6. The van der Waals surface area contributed by atoms with Crippen LogP contribution in [0.25, 0.3) is 0 Å². The summed E-state index contributed by atoms with van der Waals surface area (Å²) in [6.07, 6.45) is 5.74. The number of ether oxygens (including phenoxy) is 1. The highest BCUT2D eigenvalue weighted by atomic mass is 32.1. The number of hydrogen-bond donors (Lipinski definition) is 1. The van der Waals surface area contributed by atoms with Crippen molar-refractivity contribution in [1.29, 1.82) is 0 Å². The van der Waals surface area contributed by atoms with E-state index in [0.29, 0.717) is 16.8 Å². The number of thiocarbonyl (C=S) groups is 1. The fraction of sp³-hybridized carbons (Fsp3) is 0.524. The largest absolute Gasteiger partial charge is 0.496 e. The maximum absolute atomic E-state index is 5.65. The molecule has 0 aliphatic heterocycles. The topological polar surface area (TPSA) is 47.3 Å². The molecule has 1 N–H and O–H groups in total. The van der Waals surface area contributed by atoms with Gasteiger partial charge in [0, 0.05) is 11.5 Å². The Morgan fingerprint density at radius 1 is 1.35 bits per heavy atom. The van der Waals surface area contributed by atoms with E-state index in [1.54, 1.807) is 7.11 Å². The van der Waals surface area contributed by atoms with E-state index in [2.05, 4.69) is 37.3 Å². The Bertz CT molecular complexity index is 754. The molecule has 0 unspecified atom stereocenters. The highest BCUT2D eigenvalue weighted by Crippen LogP contribution is 2.46. The molecule has 1 aromatic heterocycles. The molecule has 4 nitrogen and oxygen atoms in total. The minimum absolute atomic E-state index is 0.129. The first-order valence-corrected chi connectivity index (χ1v) is 9.87. The first kappa shape index (κ1) is 18.9. The van der Waals surface area contributed by atoms with Crippen molar-refractivity contribution in [2.75, 3.05) is 12.4 Å². The molecule has 1 heterocycles. The molecule has 0 spiro atoms. The van der Waals surface area contributed by atoms with Gasteiger partial charge < -0.3 is 14.6 Å². The van der Waals surface area contributed by atoms with Gasteiger partial charge >= 0.3 is 0 Å². The number of nitrogens with one attached hydrogen (secondary N) is 1. The third kappa shape index (κ3) is 3.37. The van der Waals surface area contributed by atoms with Gasteiger partial charge in [-0.05, 0) is 36.8 Å². The molecule has 1 aromatic carbocycles. The highest BCUT2D eigenvalue weighted by molar-refractivity contribution is 7.81. The zero-order valence-electron chi connectivity index (χ0n) is 16.1. The molecular formula is C21H28N2O2S. The van der Waals surface area contributed by atoms with E-state index in [1.807, 2.05) is 18.2 Å². The van der Waals surface area contributed by atoms with E-state index < -0.39 is 0 Å². The Morgan fingerprint density at radius 2 is 2.08 bits per heavy atom. The minimum atomic E-state index is 0.129. The molecule has 1 aliphatic carbocycles. The average Bonchev–Trinajstić information content (AvgIpc) is 3.30. The van der Waals surface area contributed by atoms with Gasteiger partial charge in [-0.15, -0.1) is 0 Å². The van der Waals surface area contributed by atoms with Crippen LogP contribution in [0.3, 0.4) is 0 Å². The van der Waals surface area contributed by atoms with Crippen LogP contribution in [0.1, 0.15) is 63.3 Å². The van der Waals surface area contributed by atoms with E-state index in [9.17, 15) is 0 Å². The van der Waals surface area contributed by atoms with E-state index in [-0.39, 0.29) is 5.41 Å². The van der Waals surface area contributed by atoms with Gasteiger partial charge in [-0.2, -0.15) is 0 Å². The predicted molar refractivity (Wildman–Crippen MR) is 109 cm³/mol. The Balaban J connectivity index is 1.85. The maximum Gasteiger partial charge on any atom is 0.229 e. The summed E-state index contributed by atoms with van der Waals surface area (Å²) in [4.78, 5) is 0.604. The fourth-order valence-corrected chi connectivity index (χ4v) is 4.51. The molecule has 0 atom stereocenters. The number of aryl methyl sites for hydroxylation is 1. The van der Waals surface area contributed by atoms with Crippen LogP contribution in [0.4, 0.5) is 5.88 Å². The molecule has 0 amide bonds. The van der Waals surface area contributed by atoms with Crippen molar-refractivity contribution in [2.24, 2.45) is 5.92 Å². The molecule has 2 aromatic rings. The van der Waals surface area contributed by atoms with Crippen LogP contribution in [-0.4, -0.2) is 17.3 Å². The van der Waals surface area contributed by atoms with Crippen molar-refractivity contribution >= 4 is 23.1 Å². The molecule has 3 rings (SSSR count). The predicted octanol–water partition coefficient (Wildman–Crippen LogP) is 5.50. The molecule has 0 radical (unpaired) electrons. The van der Waals surface area contributed by atoms with E-state index in [4.69, 9.17) is 21.5 Å². The summed E-state index contributed by atoms with van der Waals surface area (Å²) in [7, 11) is 1.67. The third-order valence-electron chi connectivity index (χ3n) is 5.80. The normalized spacial score (nSPS) is 16.0. The summed E-state index contributed by atoms with van der Waals surface area (Å²) in [5, 5.41) is 7.63. The van der Waals surface area contributed by atoms with Crippen molar-refractivity contribution in [1.82, 2.24) is 5.16 Å². The molecular weight excluding hydrogens is 344 g/mol. The molecule has 26 heavy (non-hydrogen) atoms. The van der Waals surface area contributed by atoms with Crippen LogP contribution in [0.15, 0.2) is 28.8 Å². The summed E-state index contributed by atoms with van der Waals surface area (Å²) in [6.45, 7) is 6.67. The fourth-order valence-electron chi connectivity index (χ4n) is 4.18. The lowest BCUT2D eigenvalue weighted by Crippen LogP contribution is -2.29. The van der Waals surface area contributed by atoms with Gasteiger partial charge in [0.15, 0.2) is 0 Å². The lowest BCUT2D eigenvalue weighted by atomic mass is 9.73. The second-order valence-corrected chi connectivity index (χ2v) is 7.80. The summed E-state index contributed by atoms with van der Waals surface area (Å²) in [5.41, 5.74) is 3.25. The Morgan fingerprint density at radius 3 is 2.69 bits per heavy atom. The lowest BCUT2D eigenvalue weighted by Gasteiger charge is -2.30. The van der Waals surface area contributed by atoms with Gasteiger partial charge in [-0.3, -0.25) is 0 Å². The smallest absolute Gasteiger partial charge is 0.229 e. The SMILES string of the molecule is CCc1cccc(OC)c1C(=S)Nc1cc(C2(C(C)C)CCCC2)no1. The van der Waals surface area contributed by atoms with Gasteiger partial charge in [0.25, 0.3) is 0 Å². The molecule has 1 aliphatic rings. The van der Waals surface area contributed by atoms with E-state index in [1.165, 1.54) is 25.7 Å². The quantitative estimate of drug-likeness (QED) is 0.678. The maximum atomic E-state index is 5.65. The summed E-state index contributed by atoms with van der Waals surface area (Å²) in [5.74, 6) is 1.91. The van der Waals surface area contributed by atoms with Gasteiger partial charge in [-0.25, -0.2) is 0 Å². The second kappa shape index (κ2) is 7.78. The van der Waals surface area contributed by atoms with Crippen molar-refractivity contribution < 1.29 is 9.26 Å². The number of aromatic nitrogens is 1. The molecule has 5 heteroatoms. The van der Waals surface area contributed by atoms with Gasteiger partial charge in [0.05, 0.1) is 18.4 Å². The zero-order chi connectivity index (χ0) is 18.7. The Labute approximate surface area is 161 Å². The summed E-state index contributed by atoms with van der Waals surface area (Å²) in [6, 6.07) is 8.02. The van der Waals surface area contributed by atoms with Crippen molar-refractivity contribution in [3.63, 3.8) is 0 Å². The summed E-state index contributed by atoms with van der Waals surface area (Å²) < 4.78 is 11.1. The van der Waals surface area contributed by atoms with Crippen molar-refractivity contribution in [2.45, 2.75) is 58.3 Å². The Hall–Kier alpha value is -1.88. The molecule has 1 fully saturated rings.